The Morgan fingerprint density at radius 3 is 2.00 bits per heavy atom. The van der Waals surface area contributed by atoms with Gasteiger partial charge in [-0.2, -0.15) is 15.0 Å². The van der Waals surface area contributed by atoms with Gasteiger partial charge in [0.2, 0.25) is 16.5 Å². The molecule has 0 saturated carbocycles. The minimum atomic E-state index is 0.107. The van der Waals surface area contributed by atoms with E-state index >= 15 is 0 Å². The molecule has 0 bridgehead atoms. The molecule has 1 fully saturated rings. The summed E-state index contributed by atoms with van der Waals surface area (Å²) < 4.78 is 0. The van der Waals surface area contributed by atoms with Crippen LogP contribution in [-0.2, 0) is 0 Å². The maximum Gasteiger partial charge on any atom is 0.228 e. The van der Waals surface area contributed by atoms with Gasteiger partial charge in [-0.25, -0.2) is 0 Å². The molecule has 0 amide bonds. The van der Waals surface area contributed by atoms with E-state index in [2.05, 4.69) is 72.0 Å². The Morgan fingerprint density at radius 1 is 1.04 bits per heavy atom. The van der Waals surface area contributed by atoms with Crippen molar-refractivity contribution in [2.75, 3.05) is 25.0 Å². The highest BCUT2D eigenvalue weighted by Gasteiger charge is 2.41. The van der Waals surface area contributed by atoms with E-state index in [0.717, 1.165) is 32.5 Å². The van der Waals surface area contributed by atoms with Gasteiger partial charge in [0.15, 0.2) is 0 Å². The summed E-state index contributed by atoms with van der Waals surface area (Å²) in [6.45, 7) is 16.3. The van der Waals surface area contributed by atoms with E-state index in [9.17, 15) is 0 Å². The zero-order chi connectivity index (χ0) is 19.5. The number of hydrogen-bond acceptors (Lipinski definition) is 6. The molecule has 1 aliphatic heterocycles. The molecule has 2 N–H and O–H groups in total. The molecule has 1 aromatic rings. The fourth-order valence-corrected chi connectivity index (χ4v) is 4.92. The number of likely N-dealkylation sites (N-methyl/N-ethyl adjacent to an activating group) is 1. The van der Waals surface area contributed by atoms with Crippen molar-refractivity contribution in [3.8, 4) is 0 Å². The molecule has 0 aromatic carbocycles. The molecule has 6 nitrogen and oxygen atoms in total. The number of halogens is 2. The average Bonchev–Trinajstić information content (AvgIpc) is 2.47. The minimum Gasteiger partial charge on any atom is -0.352 e. The van der Waals surface area contributed by atoms with Crippen LogP contribution in [-0.4, -0.2) is 56.6 Å². The van der Waals surface area contributed by atoms with E-state index < -0.39 is 0 Å². The number of nitrogens with zero attached hydrogens (tertiary/aromatic N) is 4. The summed E-state index contributed by atoms with van der Waals surface area (Å²) in [6.07, 6.45) is 2.25. The van der Waals surface area contributed by atoms with Crippen LogP contribution in [0.3, 0.4) is 0 Å². The second kappa shape index (κ2) is 8.55. The van der Waals surface area contributed by atoms with E-state index in [1.807, 2.05) is 0 Å². The molecule has 2 rings (SSSR count). The molecule has 26 heavy (non-hydrogen) atoms. The van der Waals surface area contributed by atoms with Crippen LogP contribution in [0.4, 0.5) is 5.95 Å². The van der Waals surface area contributed by atoms with Gasteiger partial charge in [0, 0.05) is 23.7 Å². The zero-order valence-electron chi connectivity index (χ0n) is 16.7. The smallest absolute Gasteiger partial charge is 0.228 e. The molecule has 0 radical (unpaired) electrons. The normalized spacial score (nSPS) is 21.0. The third kappa shape index (κ3) is 5.91. The molecular weight excluding hydrogens is 371 g/mol. The predicted molar refractivity (Wildman–Crippen MR) is 109 cm³/mol. The number of nitrogens with one attached hydrogen (secondary N) is 2. The van der Waals surface area contributed by atoms with Gasteiger partial charge < -0.3 is 10.6 Å². The summed E-state index contributed by atoms with van der Waals surface area (Å²) in [4.78, 5) is 14.6. The highest BCUT2D eigenvalue weighted by Crippen LogP contribution is 2.36. The molecular formula is C18H32Cl2N6. The second-order valence-corrected chi connectivity index (χ2v) is 9.10. The van der Waals surface area contributed by atoms with Gasteiger partial charge in [-0.05, 0) is 82.7 Å². The van der Waals surface area contributed by atoms with Gasteiger partial charge in [-0.15, -0.1) is 0 Å². The summed E-state index contributed by atoms with van der Waals surface area (Å²) in [6, 6.07) is 0.375. The number of anilines is 1. The van der Waals surface area contributed by atoms with Crippen molar-refractivity contribution in [2.24, 2.45) is 5.92 Å². The molecule has 1 aliphatic rings. The first-order valence-electron chi connectivity index (χ1n) is 9.39. The van der Waals surface area contributed by atoms with Crippen molar-refractivity contribution in [3.63, 3.8) is 0 Å². The quantitative estimate of drug-likeness (QED) is 0.721. The molecule has 1 atom stereocenters. The third-order valence-electron chi connectivity index (χ3n) is 5.10. The second-order valence-electron chi connectivity index (χ2n) is 8.43. The lowest BCUT2D eigenvalue weighted by atomic mass is 9.72. The largest absolute Gasteiger partial charge is 0.352 e. The monoisotopic (exact) mass is 402 g/mol. The van der Waals surface area contributed by atoms with E-state index in [1.165, 1.54) is 0 Å². The van der Waals surface area contributed by atoms with Crippen molar-refractivity contribution < 1.29 is 0 Å². The van der Waals surface area contributed by atoms with Crippen LogP contribution in [0.2, 0.25) is 10.6 Å². The summed E-state index contributed by atoms with van der Waals surface area (Å²) in [5.41, 5.74) is 0.217. The van der Waals surface area contributed by atoms with Gasteiger partial charge in [0.05, 0.1) is 0 Å². The topological polar surface area (TPSA) is 66.0 Å². The maximum absolute atomic E-state index is 5.90. The van der Waals surface area contributed by atoms with Crippen LogP contribution in [0.5, 0.6) is 0 Å². The highest BCUT2D eigenvalue weighted by molar-refractivity contribution is 6.31. The Labute approximate surface area is 167 Å². The van der Waals surface area contributed by atoms with Crippen LogP contribution in [0.15, 0.2) is 0 Å². The van der Waals surface area contributed by atoms with E-state index in [0.29, 0.717) is 17.9 Å². The highest BCUT2D eigenvalue weighted by atomic mass is 35.5. The number of hydrogen-bond donors (Lipinski definition) is 2. The Kier molecular flexibility index (Phi) is 7.10. The van der Waals surface area contributed by atoms with Crippen LogP contribution in [0.25, 0.3) is 0 Å². The molecule has 1 saturated heterocycles. The fraction of sp³-hybridized carbons (Fsp3) is 0.833. The summed E-state index contributed by atoms with van der Waals surface area (Å²) in [7, 11) is 0. The molecule has 0 aliphatic carbocycles. The Morgan fingerprint density at radius 2 is 1.54 bits per heavy atom. The molecule has 2 heterocycles. The van der Waals surface area contributed by atoms with Gasteiger partial charge in [0.25, 0.3) is 0 Å². The van der Waals surface area contributed by atoms with E-state index in [-0.39, 0.29) is 21.6 Å². The minimum absolute atomic E-state index is 0.107. The zero-order valence-corrected chi connectivity index (χ0v) is 18.2. The lowest BCUT2D eigenvalue weighted by molar-refractivity contribution is 0.0610. The molecule has 1 aromatic heterocycles. The molecule has 1 unspecified atom stereocenters. The summed E-state index contributed by atoms with van der Waals surface area (Å²) in [5.74, 6) is 0.987. The Bertz CT molecular complexity index is 567. The van der Waals surface area contributed by atoms with E-state index in [1.54, 1.807) is 0 Å². The van der Waals surface area contributed by atoms with Crippen molar-refractivity contribution in [1.29, 1.82) is 0 Å². The molecule has 8 heteroatoms. The Balaban J connectivity index is 2.20. The van der Waals surface area contributed by atoms with E-state index in [4.69, 9.17) is 23.2 Å². The van der Waals surface area contributed by atoms with Crippen molar-refractivity contribution in [3.05, 3.63) is 10.6 Å². The average molecular weight is 403 g/mol. The molecule has 0 spiro atoms. The van der Waals surface area contributed by atoms with Crippen LogP contribution in [0.1, 0.15) is 54.4 Å². The SMILES string of the molecule is CCN(CC)C(CNc1nc(Cl)nc(Cl)n1)C1CC(C)(C)NC(C)(C)C1. The summed E-state index contributed by atoms with van der Waals surface area (Å²) in [5, 5.41) is 7.32. The third-order valence-corrected chi connectivity index (χ3v) is 5.44. The maximum atomic E-state index is 5.90. The van der Waals surface area contributed by atoms with Crippen molar-refractivity contribution >= 4 is 29.2 Å². The van der Waals surface area contributed by atoms with Crippen LogP contribution < -0.4 is 10.6 Å². The summed E-state index contributed by atoms with van der Waals surface area (Å²) >= 11 is 11.8. The lowest BCUT2D eigenvalue weighted by Crippen LogP contribution is -2.61. The standard InChI is InChI=1S/C18H32Cl2N6/c1-7-26(8-2)13(11-21-16-23-14(19)22-15(20)24-16)12-9-17(3,4)25-18(5,6)10-12/h12-13,25H,7-11H2,1-6H3,(H,21,22,23,24). The fourth-order valence-electron chi connectivity index (χ4n) is 4.56. The lowest BCUT2D eigenvalue weighted by Gasteiger charge is -2.50. The van der Waals surface area contributed by atoms with Gasteiger partial charge in [-0.1, -0.05) is 13.8 Å². The van der Waals surface area contributed by atoms with Gasteiger partial charge >= 0.3 is 0 Å². The van der Waals surface area contributed by atoms with Crippen molar-refractivity contribution in [1.82, 2.24) is 25.2 Å². The number of aromatic nitrogens is 3. The van der Waals surface area contributed by atoms with Crippen LogP contribution in [0, 0.1) is 5.92 Å². The predicted octanol–water partition coefficient (Wildman–Crippen LogP) is 3.86. The number of rotatable bonds is 7. The van der Waals surface area contributed by atoms with Gasteiger partial charge in [-0.3, -0.25) is 4.90 Å². The first-order chi connectivity index (χ1) is 12.0. The van der Waals surface area contributed by atoms with Gasteiger partial charge in [0.1, 0.15) is 0 Å². The number of piperidine rings is 1. The first kappa shape index (κ1) is 21.6. The first-order valence-corrected chi connectivity index (χ1v) is 10.1. The van der Waals surface area contributed by atoms with Crippen molar-refractivity contribution in [2.45, 2.75) is 71.5 Å². The van der Waals surface area contributed by atoms with Crippen LogP contribution >= 0.6 is 23.2 Å². The Hall–Kier alpha value is -0.690. The molecule has 148 valence electrons.